The van der Waals surface area contributed by atoms with Crippen LogP contribution in [0.5, 0.6) is 0 Å². The lowest BCUT2D eigenvalue weighted by molar-refractivity contribution is -0.145. The fourth-order valence-corrected chi connectivity index (χ4v) is 2.33. The molecule has 0 aromatic rings. The minimum absolute atomic E-state index is 0. The van der Waals surface area contributed by atoms with Gasteiger partial charge < -0.3 is 10.0 Å². The number of hydrogen-bond acceptors (Lipinski definition) is 2. The van der Waals surface area contributed by atoms with E-state index >= 15 is 0 Å². The van der Waals surface area contributed by atoms with Crippen LogP contribution in [0, 0.1) is 11.8 Å². The Labute approximate surface area is 117 Å². The first-order valence-electron chi connectivity index (χ1n) is 5.95. The Bertz CT molecular complexity index is 225. The predicted octanol–water partition coefficient (Wildman–Crippen LogP) is 3.06. The summed E-state index contributed by atoms with van der Waals surface area (Å²) in [7, 11) is 2.08. The van der Waals surface area contributed by atoms with Gasteiger partial charge in [-0.25, -0.2) is 0 Å². The molecular weight excluding hydrogens is 261 g/mol. The highest BCUT2D eigenvalue weighted by molar-refractivity contribution is 5.85. The van der Waals surface area contributed by atoms with E-state index in [1.807, 2.05) is 0 Å². The van der Waals surface area contributed by atoms with Gasteiger partial charge in [-0.05, 0) is 39.7 Å². The van der Waals surface area contributed by atoms with Gasteiger partial charge in [-0.15, -0.1) is 24.8 Å². The fraction of sp³-hybridized carbons (Fsp3) is 0.917. The Kier molecular flexibility index (Phi) is 10.3. The van der Waals surface area contributed by atoms with E-state index in [9.17, 15) is 4.79 Å². The lowest BCUT2D eigenvalue weighted by Gasteiger charge is -2.33. The second-order valence-electron chi connectivity index (χ2n) is 5.02. The van der Waals surface area contributed by atoms with Gasteiger partial charge in [0, 0.05) is 12.6 Å². The molecule has 0 aliphatic heterocycles. The number of rotatable bonds is 4. The van der Waals surface area contributed by atoms with E-state index in [2.05, 4.69) is 25.8 Å². The number of nitrogens with zero attached hydrogens (tertiary/aromatic N) is 1. The summed E-state index contributed by atoms with van der Waals surface area (Å²) in [5.74, 6) is -0.361. The third-order valence-electron chi connectivity index (χ3n) is 3.63. The Morgan fingerprint density at radius 3 is 2.29 bits per heavy atom. The molecule has 1 N–H and O–H groups in total. The van der Waals surface area contributed by atoms with Crippen molar-refractivity contribution < 1.29 is 9.90 Å². The Balaban J connectivity index is 0. The monoisotopic (exact) mass is 285 g/mol. The summed E-state index contributed by atoms with van der Waals surface area (Å²) < 4.78 is 0. The number of carboxylic acid groups (broad SMARTS) is 1. The van der Waals surface area contributed by atoms with Crippen LogP contribution in [0.1, 0.15) is 39.5 Å². The molecule has 1 fully saturated rings. The summed E-state index contributed by atoms with van der Waals surface area (Å²) in [6.07, 6.45) is 4.22. The topological polar surface area (TPSA) is 40.5 Å². The maximum Gasteiger partial charge on any atom is 0.306 e. The largest absolute Gasteiger partial charge is 0.481 e. The van der Waals surface area contributed by atoms with Gasteiger partial charge in [-0.3, -0.25) is 4.79 Å². The molecule has 1 saturated carbocycles. The lowest BCUT2D eigenvalue weighted by Crippen LogP contribution is -2.38. The minimum Gasteiger partial charge on any atom is -0.481 e. The zero-order chi connectivity index (χ0) is 11.4. The first kappa shape index (κ1) is 19.4. The quantitative estimate of drug-likeness (QED) is 0.863. The van der Waals surface area contributed by atoms with E-state index in [0.29, 0.717) is 12.0 Å². The van der Waals surface area contributed by atoms with Gasteiger partial charge in [0.25, 0.3) is 0 Å². The summed E-state index contributed by atoms with van der Waals surface area (Å²) in [6.45, 7) is 5.23. The molecule has 1 rings (SSSR count). The number of aliphatic carboxylic acids is 1. The number of carbonyl (C=O) groups is 1. The van der Waals surface area contributed by atoms with E-state index in [1.165, 1.54) is 6.42 Å². The summed E-state index contributed by atoms with van der Waals surface area (Å²) >= 11 is 0. The molecule has 3 nitrogen and oxygen atoms in total. The van der Waals surface area contributed by atoms with Crippen LogP contribution in [-0.4, -0.2) is 35.6 Å². The van der Waals surface area contributed by atoms with Crippen LogP contribution in [0.25, 0.3) is 0 Å². The zero-order valence-corrected chi connectivity index (χ0v) is 12.5. The average molecular weight is 286 g/mol. The highest BCUT2D eigenvalue weighted by Crippen LogP contribution is 2.30. The van der Waals surface area contributed by atoms with Crippen LogP contribution in [-0.2, 0) is 4.79 Å². The Morgan fingerprint density at radius 2 is 1.82 bits per heavy atom. The van der Waals surface area contributed by atoms with Crippen molar-refractivity contribution in [3.05, 3.63) is 0 Å². The van der Waals surface area contributed by atoms with Crippen molar-refractivity contribution in [2.45, 2.75) is 45.6 Å². The summed E-state index contributed by atoms with van der Waals surface area (Å²) in [5, 5.41) is 9.14. The van der Waals surface area contributed by atoms with Gasteiger partial charge in [-0.2, -0.15) is 0 Å². The van der Waals surface area contributed by atoms with Gasteiger partial charge >= 0.3 is 5.97 Å². The SMILES string of the molecule is CC(C)N(C)CC1CCCCC1C(=O)O.Cl.Cl. The molecule has 0 heterocycles. The van der Waals surface area contributed by atoms with E-state index < -0.39 is 5.97 Å². The lowest BCUT2D eigenvalue weighted by atomic mass is 9.79. The smallest absolute Gasteiger partial charge is 0.306 e. The number of carboxylic acids is 1. The van der Waals surface area contributed by atoms with Crippen LogP contribution >= 0.6 is 24.8 Å². The van der Waals surface area contributed by atoms with Gasteiger partial charge in [0.1, 0.15) is 0 Å². The molecular formula is C12H25Cl2NO2. The molecule has 1 aliphatic rings. The van der Waals surface area contributed by atoms with E-state index in [-0.39, 0.29) is 30.7 Å². The van der Waals surface area contributed by atoms with Crippen molar-refractivity contribution in [1.29, 1.82) is 0 Å². The van der Waals surface area contributed by atoms with Gasteiger partial charge in [-0.1, -0.05) is 12.8 Å². The average Bonchev–Trinajstić information content (AvgIpc) is 2.18. The maximum atomic E-state index is 11.1. The first-order valence-corrected chi connectivity index (χ1v) is 5.95. The van der Waals surface area contributed by atoms with Crippen molar-refractivity contribution >= 4 is 30.8 Å². The van der Waals surface area contributed by atoms with E-state index in [4.69, 9.17) is 5.11 Å². The van der Waals surface area contributed by atoms with Gasteiger partial charge in [0.2, 0.25) is 0 Å². The summed E-state index contributed by atoms with van der Waals surface area (Å²) in [4.78, 5) is 13.4. The molecule has 0 radical (unpaired) electrons. The molecule has 17 heavy (non-hydrogen) atoms. The van der Waals surface area contributed by atoms with Crippen LogP contribution in [0.15, 0.2) is 0 Å². The van der Waals surface area contributed by atoms with E-state index in [0.717, 1.165) is 25.8 Å². The molecule has 2 atom stereocenters. The fourth-order valence-electron chi connectivity index (χ4n) is 2.33. The van der Waals surface area contributed by atoms with Crippen molar-refractivity contribution in [2.24, 2.45) is 11.8 Å². The summed E-state index contributed by atoms with van der Waals surface area (Å²) in [6, 6.07) is 0.501. The van der Waals surface area contributed by atoms with Crippen molar-refractivity contribution in [2.75, 3.05) is 13.6 Å². The molecule has 0 aromatic heterocycles. The highest BCUT2D eigenvalue weighted by atomic mass is 35.5. The molecule has 2 unspecified atom stereocenters. The Morgan fingerprint density at radius 1 is 1.29 bits per heavy atom. The third-order valence-corrected chi connectivity index (χ3v) is 3.63. The summed E-state index contributed by atoms with van der Waals surface area (Å²) in [5.41, 5.74) is 0. The molecule has 0 amide bonds. The van der Waals surface area contributed by atoms with Crippen LogP contribution in [0.2, 0.25) is 0 Å². The molecule has 0 bridgehead atoms. The van der Waals surface area contributed by atoms with Gasteiger partial charge in [0.15, 0.2) is 0 Å². The van der Waals surface area contributed by atoms with Crippen LogP contribution in [0.3, 0.4) is 0 Å². The van der Waals surface area contributed by atoms with E-state index in [1.54, 1.807) is 0 Å². The van der Waals surface area contributed by atoms with Crippen molar-refractivity contribution in [3.8, 4) is 0 Å². The van der Waals surface area contributed by atoms with Crippen LogP contribution in [0.4, 0.5) is 0 Å². The third kappa shape index (κ3) is 5.94. The Hall–Kier alpha value is 0.01000. The first-order chi connectivity index (χ1) is 7.02. The standard InChI is InChI=1S/C12H23NO2.2ClH/c1-9(2)13(3)8-10-6-4-5-7-11(10)12(14)15;;/h9-11H,4-8H2,1-3H3,(H,14,15);2*1H. The van der Waals surface area contributed by atoms with Gasteiger partial charge in [0.05, 0.1) is 5.92 Å². The minimum atomic E-state index is -0.600. The number of hydrogen-bond donors (Lipinski definition) is 1. The molecule has 1 aliphatic carbocycles. The zero-order valence-electron chi connectivity index (χ0n) is 10.9. The highest BCUT2D eigenvalue weighted by Gasteiger charge is 2.31. The molecule has 5 heteroatoms. The second kappa shape index (κ2) is 9.01. The molecule has 104 valence electrons. The molecule has 0 spiro atoms. The predicted molar refractivity (Wildman–Crippen MR) is 75.3 cm³/mol. The maximum absolute atomic E-state index is 11.1. The molecule has 0 aromatic carbocycles. The second-order valence-corrected chi connectivity index (χ2v) is 5.02. The van der Waals surface area contributed by atoms with Crippen LogP contribution < -0.4 is 0 Å². The normalized spacial score (nSPS) is 24.1. The van der Waals surface area contributed by atoms with Crippen molar-refractivity contribution in [3.63, 3.8) is 0 Å². The molecule has 0 saturated heterocycles. The number of halogens is 2. The van der Waals surface area contributed by atoms with Crippen molar-refractivity contribution in [1.82, 2.24) is 4.90 Å².